The molecule has 12 nitrogen and oxygen atoms in total. The highest BCUT2D eigenvalue weighted by molar-refractivity contribution is 5.94. The number of hydrogen-bond donors (Lipinski definition) is 8. The number of anilines is 1. The zero-order chi connectivity index (χ0) is 23.6. The summed E-state index contributed by atoms with van der Waals surface area (Å²) < 4.78 is 16.4. The van der Waals surface area contributed by atoms with Gasteiger partial charge in [-0.2, -0.15) is 0 Å². The Hall–Kier alpha value is -1.71. The second kappa shape index (κ2) is 10.5. The van der Waals surface area contributed by atoms with E-state index < -0.39 is 74.6 Å². The van der Waals surface area contributed by atoms with E-state index in [2.05, 4.69) is 5.32 Å². The van der Waals surface area contributed by atoms with E-state index in [1.807, 2.05) is 0 Å². The van der Waals surface area contributed by atoms with Crippen LogP contribution in [0.3, 0.4) is 0 Å². The summed E-state index contributed by atoms with van der Waals surface area (Å²) in [6.07, 6.45) is -14.7. The molecule has 0 aliphatic carbocycles. The Morgan fingerprint density at radius 3 is 2.06 bits per heavy atom. The quantitative estimate of drug-likeness (QED) is 0.192. The lowest BCUT2D eigenvalue weighted by atomic mass is 9.96. The molecule has 32 heavy (non-hydrogen) atoms. The molecule has 1 aromatic carbocycles. The average Bonchev–Trinajstić information content (AvgIpc) is 2.79. The lowest BCUT2D eigenvalue weighted by Crippen LogP contribution is -2.65. The Balaban J connectivity index is 1.70. The van der Waals surface area contributed by atoms with Crippen LogP contribution in [0.25, 0.3) is 0 Å². The van der Waals surface area contributed by atoms with E-state index in [4.69, 9.17) is 14.2 Å². The molecule has 0 unspecified atom stereocenters. The predicted molar refractivity (Wildman–Crippen MR) is 106 cm³/mol. The average molecular weight is 459 g/mol. The molecule has 12 heteroatoms. The van der Waals surface area contributed by atoms with E-state index in [9.17, 15) is 40.5 Å². The highest BCUT2D eigenvalue weighted by Crippen LogP contribution is 2.29. The molecular formula is C20H29NO11. The van der Waals surface area contributed by atoms with Gasteiger partial charge in [0.2, 0.25) is 0 Å². The maximum absolute atomic E-state index is 11.4. The van der Waals surface area contributed by atoms with Crippen molar-refractivity contribution >= 4 is 11.5 Å². The number of aliphatic hydroxyl groups is 7. The van der Waals surface area contributed by atoms with Crippen LogP contribution in [0.15, 0.2) is 24.3 Å². The van der Waals surface area contributed by atoms with Gasteiger partial charge < -0.3 is 55.3 Å². The molecule has 10 atom stereocenters. The summed E-state index contributed by atoms with van der Waals surface area (Å²) in [5.74, 6) is -0.116. The van der Waals surface area contributed by atoms with Crippen molar-refractivity contribution in [1.82, 2.24) is 0 Å². The van der Waals surface area contributed by atoms with Crippen LogP contribution in [0.5, 0.6) is 0 Å². The van der Waals surface area contributed by atoms with E-state index in [1.54, 1.807) is 24.3 Å². The van der Waals surface area contributed by atoms with Crippen molar-refractivity contribution in [2.24, 2.45) is 0 Å². The number of ether oxygens (including phenoxy) is 3. The third kappa shape index (κ3) is 5.10. The Morgan fingerprint density at radius 1 is 0.875 bits per heavy atom. The third-order valence-electron chi connectivity index (χ3n) is 5.60. The Labute approximate surface area is 183 Å². The molecule has 1 aromatic rings. The summed E-state index contributed by atoms with van der Waals surface area (Å²) in [5, 5.41) is 72.9. The number of benzene rings is 1. The van der Waals surface area contributed by atoms with Crippen LogP contribution >= 0.6 is 0 Å². The summed E-state index contributed by atoms with van der Waals surface area (Å²) in [6.45, 7) is 0.122. The van der Waals surface area contributed by atoms with Gasteiger partial charge in [0.15, 0.2) is 18.3 Å². The van der Waals surface area contributed by atoms with Crippen molar-refractivity contribution in [3.05, 3.63) is 29.8 Å². The van der Waals surface area contributed by atoms with Crippen molar-refractivity contribution in [2.45, 2.75) is 68.3 Å². The normalized spacial score (nSPS) is 40.1. The first kappa shape index (κ1) is 24.9. The number of carbonyl (C=O) groups excluding carboxylic acids is 1. The van der Waals surface area contributed by atoms with Gasteiger partial charge in [-0.05, 0) is 31.2 Å². The van der Waals surface area contributed by atoms with E-state index in [0.29, 0.717) is 11.3 Å². The SMILES string of the molecule is CC(=O)c1ccc(N[C@@H]2O[C@@H](CO)[C@@H](O[C@H]3O[C@@H](CO)[C@@H](O)[C@@H](O)[C@H]3O)[C@@H](O)[C@H]2O)cc1. The fourth-order valence-corrected chi connectivity index (χ4v) is 3.67. The summed E-state index contributed by atoms with van der Waals surface area (Å²) in [7, 11) is 0. The maximum Gasteiger partial charge on any atom is 0.187 e. The fourth-order valence-electron chi connectivity index (χ4n) is 3.67. The first-order valence-corrected chi connectivity index (χ1v) is 10.1. The van der Waals surface area contributed by atoms with Gasteiger partial charge >= 0.3 is 0 Å². The third-order valence-corrected chi connectivity index (χ3v) is 5.60. The molecule has 0 bridgehead atoms. The maximum atomic E-state index is 11.4. The summed E-state index contributed by atoms with van der Waals surface area (Å²) in [5.41, 5.74) is 0.971. The predicted octanol–water partition coefficient (Wildman–Crippen LogP) is -3.07. The topological polar surface area (TPSA) is 198 Å². The van der Waals surface area contributed by atoms with Gasteiger partial charge in [-0.15, -0.1) is 0 Å². The molecule has 2 aliphatic heterocycles. The first-order valence-electron chi connectivity index (χ1n) is 10.1. The Kier molecular flexibility index (Phi) is 8.16. The van der Waals surface area contributed by atoms with Crippen LogP contribution in [0.2, 0.25) is 0 Å². The number of hydrogen-bond acceptors (Lipinski definition) is 12. The molecule has 2 fully saturated rings. The molecule has 3 rings (SSSR count). The number of aliphatic hydroxyl groups excluding tert-OH is 7. The zero-order valence-electron chi connectivity index (χ0n) is 17.3. The van der Waals surface area contributed by atoms with E-state index in [0.717, 1.165) is 0 Å². The second-order valence-corrected chi connectivity index (χ2v) is 7.83. The second-order valence-electron chi connectivity index (χ2n) is 7.83. The van der Waals surface area contributed by atoms with Crippen LogP contribution in [0.4, 0.5) is 5.69 Å². The standard InChI is InChI=1S/C20H29NO11/c1-8(24)9-2-4-10(5-3-9)21-19-16(28)15(27)18(12(7-23)30-19)32-20-17(29)14(26)13(25)11(6-22)31-20/h2-5,11-23,25-29H,6-7H2,1H3/t11-,12-,13+,14+,15-,16+,17+,18+,19+,20+/m0/s1. The van der Waals surface area contributed by atoms with Crippen LogP contribution in [-0.2, 0) is 14.2 Å². The van der Waals surface area contributed by atoms with Crippen LogP contribution < -0.4 is 5.32 Å². The monoisotopic (exact) mass is 459 g/mol. The molecular weight excluding hydrogens is 430 g/mol. The van der Waals surface area contributed by atoms with Crippen molar-refractivity contribution in [1.29, 1.82) is 0 Å². The molecule has 2 heterocycles. The largest absolute Gasteiger partial charge is 0.394 e. The Bertz CT molecular complexity index is 758. The number of nitrogens with one attached hydrogen (secondary N) is 1. The van der Waals surface area contributed by atoms with Gasteiger partial charge in [-0.25, -0.2) is 0 Å². The molecule has 0 spiro atoms. The van der Waals surface area contributed by atoms with Crippen LogP contribution in [0.1, 0.15) is 17.3 Å². The van der Waals surface area contributed by atoms with Crippen molar-refractivity contribution in [2.75, 3.05) is 18.5 Å². The highest BCUT2D eigenvalue weighted by atomic mass is 16.7. The number of carbonyl (C=O) groups is 1. The minimum absolute atomic E-state index is 0.116. The number of rotatable bonds is 7. The summed E-state index contributed by atoms with van der Waals surface area (Å²) >= 11 is 0. The highest BCUT2D eigenvalue weighted by Gasteiger charge is 2.50. The fraction of sp³-hybridized carbons (Fsp3) is 0.650. The van der Waals surface area contributed by atoms with Crippen LogP contribution in [-0.4, -0.2) is 116 Å². The van der Waals surface area contributed by atoms with Crippen molar-refractivity contribution in [3.8, 4) is 0 Å². The molecule has 2 saturated heterocycles. The van der Waals surface area contributed by atoms with Crippen molar-refractivity contribution in [3.63, 3.8) is 0 Å². The molecule has 0 radical (unpaired) electrons. The van der Waals surface area contributed by atoms with Gasteiger partial charge in [-0.1, -0.05) is 0 Å². The molecule has 180 valence electrons. The summed E-state index contributed by atoms with van der Waals surface area (Å²) in [6, 6.07) is 6.32. The lowest BCUT2D eigenvalue weighted by molar-refractivity contribution is -0.340. The minimum atomic E-state index is -1.73. The van der Waals surface area contributed by atoms with E-state index >= 15 is 0 Å². The summed E-state index contributed by atoms with van der Waals surface area (Å²) in [4.78, 5) is 11.4. The molecule has 8 N–H and O–H groups in total. The van der Waals surface area contributed by atoms with Gasteiger partial charge in [0, 0.05) is 11.3 Å². The zero-order valence-corrected chi connectivity index (χ0v) is 17.3. The smallest absolute Gasteiger partial charge is 0.187 e. The van der Waals surface area contributed by atoms with Crippen LogP contribution in [0, 0.1) is 0 Å². The van der Waals surface area contributed by atoms with Gasteiger partial charge in [0.1, 0.15) is 48.8 Å². The number of ketones is 1. The van der Waals surface area contributed by atoms with Gasteiger partial charge in [0.05, 0.1) is 13.2 Å². The Morgan fingerprint density at radius 2 is 1.50 bits per heavy atom. The molecule has 0 saturated carbocycles. The number of Topliss-reactive ketones (excluding diaryl/α,β-unsaturated/α-hetero) is 1. The van der Waals surface area contributed by atoms with Gasteiger partial charge in [-0.3, -0.25) is 4.79 Å². The molecule has 2 aliphatic rings. The lowest BCUT2D eigenvalue weighted by Gasteiger charge is -2.46. The molecule has 0 amide bonds. The first-order chi connectivity index (χ1) is 15.2. The van der Waals surface area contributed by atoms with E-state index in [1.165, 1.54) is 6.92 Å². The van der Waals surface area contributed by atoms with Gasteiger partial charge in [0.25, 0.3) is 0 Å². The minimum Gasteiger partial charge on any atom is -0.394 e. The molecule has 0 aromatic heterocycles. The van der Waals surface area contributed by atoms with Crippen molar-refractivity contribution < 1.29 is 54.8 Å². The van der Waals surface area contributed by atoms with E-state index in [-0.39, 0.29) is 5.78 Å².